The Bertz CT molecular complexity index is 698. The molecule has 3 aromatic rings. The second kappa shape index (κ2) is 5.64. The Labute approximate surface area is 121 Å². The largest absolute Gasteiger partial charge is 0.385 e. The van der Waals surface area contributed by atoms with Gasteiger partial charge in [0.2, 0.25) is 0 Å². The Hall–Kier alpha value is -1.85. The van der Waals surface area contributed by atoms with Crippen molar-refractivity contribution in [2.75, 3.05) is 6.26 Å². The molecule has 0 bridgehead atoms. The van der Waals surface area contributed by atoms with Gasteiger partial charge in [0.25, 0.3) is 0 Å². The van der Waals surface area contributed by atoms with Crippen LogP contribution in [0.4, 0.5) is 0 Å². The molecule has 0 saturated heterocycles. The third kappa shape index (κ3) is 2.30. The average molecular weight is 285 g/mol. The van der Waals surface area contributed by atoms with Crippen molar-refractivity contribution in [3.05, 3.63) is 60.2 Å². The van der Waals surface area contributed by atoms with E-state index in [2.05, 4.69) is 10.3 Å². The maximum Gasteiger partial charge on any atom is 0.129 e. The first-order valence-electron chi connectivity index (χ1n) is 6.37. The van der Waals surface area contributed by atoms with Crippen molar-refractivity contribution in [2.45, 2.75) is 11.5 Å². The molecule has 3 rings (SSSR count). The zero-order valence-electron chi connectivity index (χ0n) is 11.0. The van der Waals surface area contributed by atoms with Crippen LogP contribution < -0.4 is 0 Å². The van der Waals surface area contributed by atoms with E-state index in [4.69, 9.17) is 0 Å². The van der Waals surface area contributed by atoms with Gasteiger partial charge in [0.1, 0.15) is 17.0 Å². The lowest BCUT2D eigenvalue weighted by Crippen LogP contribution is -2.16. The van der Waals surface area contributed by atoms with E-state index in [-0.39, 0.29) is 5.37 Å². The number of nitrogens with zero attached hydrogens (tertiary/aromatic N) is 3. The summed E-state index contributed by atoms with van der Waals surface area (Å²) < 4.78 is 1.79. The molecule has 2 unspecified atom stereocenters. The Morgan fingerprint density at radius 1 is 1.05 bits per heavy atom. The van der Waals surface area contributed by atoms with E-state index in [0.717, 1.165) is 16.6 Å². The molecular weight excluding hydrogens is 270 g/mol. The summed E-state index contributed by atoms with van der Waals surface area (Å²) in [6.07, 6.45) is 1.34. The van der Waals surface area contributed by atoms with Crippen LogP contribution in [0.1, 0.15) is 17.0 Å². The fourth-order valence-corrected chi connectivity index (χ4v) is 3.02. The number of hydrogen-bond acceptors (Lipinski definition) is 4. The van der Waals surface area contributed by atoms with Crippen molar-refractivity contribution in [1.82, 2.24) is 15.0 Å². The maximum atomic E-state index is 10.6. The number of aliphatic hydroxyl groups is 1. The van der Waals surface area contributed by atoms with E-state index in [0.29, 0.717) is 0 Å². The summed E-state index contributed by atoms with van der Waals surface area (Å²) in [5, 5.41) is 18.7. The van der Waals surface area contributed by atoms with Gasteiger partial charge in [0.05, 0.1) is 5.52 Å². The molecule has 0 fully saturated rings. The average Bonchev–Trinajstić information content (AvgIpc) is 2.93. The van der Waals surface area contributed by atoms with Crippen molar-refractivity contribution < 1.29 is 5.11 Å². The molecule has 4 nitrogen and oxygen atoms in total. The number of hydrogen-bond donors (Lipinski definition) is 1. The van der Waals surface area contributed by atoms with Crippen molar-refractivity contribution >= 4 is 22.8 Å². The van der Waals surface area contributed by atoms with Crippen LogP contribution in [0.5, 0.6) is 0 Å². The van der Waals surface area contributed by atoms with Crippen LogP contribution in [0.2, 0.25) is 0 Å². The number of benzene rings is 2. The van der Waals surface area contributed by atoms with Gasteiger partial charge in [-0.2, -0.15) is 0 Å². The fourth-order valence-electron chi connectivity index (χ4n) is 2.25. The van der Waals surface area contributed by atoms with Gasteiger partial charge >= 0.3 is 0 Å². The lowest BCUT2D eigenvalue weighted by atomic mass is 10.1. The number of aromatic nitrogens is 3. The van der Waals surface area contributed by atoms with Gasteiger partial charge in [-0.3, -0.25) is 0 Å². The van der Waals surface area contributed by atoms with Crippen LogP contribution in [0, 0.1) is 0 Å². The summed E-state index contributed by atoms with van der Waals surface area (Å²) in [5.41, 5.74) is 2.65. The zero-order chi connectivity index (χ0) is 13.9. The van der Waals surface area contributed by atoms with Crippen LogP contribution in [0.25, 0.3) is 11.0 Å². The molecule has 20 heavy (non-hydrogen) atoms. The maximum absolute atomic E-state index is 10.6. The van der Waals surface area contributed by atoms with Crippen LogP contribution in [0.15, 0.2) is 54.6 Å². The molecule has 0 aliphatic carbocycles. The highest BCUT2D eigenvalue weighted by atomic mass is 32.2. The number of para-hydroxylation sites is 1. The molecule has 1 aromatic heterocycles. The SMILES string of the molecule is CSC(C(O)c1ccccc1)n1nnc2ccccc21. The second-order valence-electron chi connectivity index (χ2n) is 4.50. The van der Waals surface area contributed by atoms with Crippen LogP contribution in [-0.4, -0.2) is 26.4 Å². The predicted molar refractivity (Wildman–Crippen MR) is 81.5 cm³/mol. The topological polar surface area (TPSA) is 50.9 Å². The summed E-state index contributed by atoms with van der Waals surface area (Å²) in [6, 6.07) is 17.4. The third-order valence-electron chi connectivity index (χ3n) is 3.27. The summed E-state index contributed by atoms with van der Waals surface area (Å²) in [5.74, 6) is 0. The van der Waals surface area contributed by atoms with Crippen molar-refractivity contribution in [3.63, 3.8) is 0 Å². The molecule has 5 heteroatoms. The molecule has 102 valence electrons. The zero-order valence-corrected chi connectivity index (χ0v) is 11.9. The Balaban J connectivity index is 2.01. The first-order valence-corrected chi connectivity index (χ1v) is 7.66. The highest BCUT2D eigenvalue weighted by Crippen LogP contribution is 2.35. The Kier molecular flexibility index (Phi) is 3.71. The fraction of sp³-hybridized carbons (Fsp3) is 0.200. The van der Waals surface area contributed by atoms with Crippen molar-refractivity contribution in [3.8, 4) is 0 Å². The molecular formula is C15H15N3OS. The van der Waals surface area contributed by atoms with E-state index in [9.17, 15) is 5.11 Å². The first-order chi connectivity index (χ1) is 9.81. The van der Waals surface area contributed by atoms with Gasteiger partial charge in [0.15, 0.2) is 0 Å². The van der Waals surface area contributed by atoms with Gasteiger partial charge in [-0.25, -0.2) is 4.68 Å². The molecule has 1 N–H and O–H groups in total. The lowest BCUT2D eigenvalue weighted by Gasteiger charge is -2.21. The van der Waals surface area contributed by atoms with Crippen LogP contribution >= 0.6 is 11.8 Å². The number of fused-ring (bicyclic) bond motifs is 1. The van der Waals surface area contributed by atoms with E-state index >= 15 is 0 Å². The van der Waals surface area contributed by atoms with Gasteiger partial charge in [-0.1, -0.05) is 47.7 Å². The molecule has 0 spiro atoms. The lowest BCUT2D eigenvalue weighted by molar-refractivity contribution is 0.148. The quantitative estimate of drug-likeness (QED) is 0.800. The third-order valence-corrected chi connectivity index (χ3v) is 4.21. The Morgan fingerprint density at radius 2 is 1.75 bits per heavy atom. The molecule has 0 aliphatic rings. The van der Waals surface area contributed by atoms with Crippen molar-refractivity contribution in [1.29, 1.82) is 0 Å². The molecule has 2 aromatic carbocycles. The molecule has 0 radical (unpaired) electrons. The van der Waals surface area contributed by atoms with E-state index in [1.54, 1.807) is 16.4 Å². The van der Waals surface area contributed by atoms with Crippen LogP contribution in [0.3, 0.4) is 0 Å². The van der Waals surface area contributed by atoms with Gasteiger partial charge in [-0.05, 0) is 24.0 Å². The highest BCUT2D eigenvalue weighted by Gasteiger charge is 2.24. The molecule has 0 aliphatic heterocycles. The standard InChI is InChI=1S/C15H15N3OS/c1-20-15(14(19)11-7-3-2-4-8-11)18-13-10-6-5-9-12(13)16-17-18/h2-10,14-15,19H,1H3. The summed E-state index contributed by atoms with van der Waals surface area (Å²) >= 11 is 1.56. The molecule has 1 heterocycles. The van der Waals surface area contributed by atoms with Gasteiger partial charge < -0.3 is 5.11 Å². The van der Waals surface area contributed by atoms with E-state index in [1.807, 2.05) is 60.9 Å². The number of thioether (sulfide) groups is 1. The summed E-state index contributed by atoms with van der Waals surface area (Å²) in [6.45, 7) is 0. The monoisotopic (exact) mass is 285 g/mol. The van der Waals surface area contributed by atoms with Gasteiger partial charge in [-0.15, -0.1) is 16.9 Å². The minimum Gasteiger partial charge on any atom is -0.385 e. The van der Waals surface area contributed by atoms with Crippen LogP contribution in [-0.2, 0) is 0 Å². The minimum atomic E-state index is -0.628. The summed E-state index contributed by atoms with van der Waals surface area (Å²) in [7, 11) is 0. The van der Waals surface area contributed by atoms with Gasteiger partial charge in [0, 0.05) is 0 Å². The second-order valence-corrected chi connectivity index (χ2v) is 5.46. The van der Waals surface area contributed by atoms with E-state index < -0.39 is 6.10 Å². The molecule has 2 atom stereocenters. The first kappa shape index (κ1) is 13.1. The normalized spacial score (nSPS) is 14.3. The number of aliphatic hydroxyl groups excluding tert-OH is 1. The molecule has 0 saturated carbocycles. The minimum absolute atomic E-state index is 0.204. The van der Waals surface area contributed by atoms with E-state index in [1.165, 1.54) is 0 Å². The molecule has 0 amide bonds. The summed E-state index contributed by atoms with van der Waals surface area (Å²) in [4.78, 5) is 0. The smallest absolute Gasteiger partial charge is 0.129 e. The number of rotatable bonds is 4. The van der Waals surface area contributed by atoms with Crippen molar-refractivity contribution in [2.24, 2.45) is 0 Å². The highest BCUT2D eigenvalue weighted by molar-refractivity contribution is 7.98. The Morgan fingerprint density at radius 3 is 2.50 bits per heavy atom. The predicted octanol–water partition coefficient (Wildman–Crippen LogP) is 3.03.